The van der Waals surface area contributed by atoms with Crippen LogP contribution in [0, 0.1) is 6.92 Å². The first-order valence-corrected chi connectivity index (χ1v) is 10.5. The van der Waals surface area contributed by atoms with E-state index in [-0.39, 0.29) is 5.91 Å². The number of amides is 1. The van der Waals surface area contributed by atoms with Crippen molar-refractivity contribution in [1.82, 2.24) is 20.2 Å². The van der Waals surface area contributed by atoms with Crippen molar-refractivity contribution in [2.45, 2.75) is 20.4 Å². The molecule has 2 aromatic carbocycles. The lowest BCUT2D eigenvalue weighted by Crippen LogP contribution is -2.18. The van der Waals surface area contributed by atoms with E-state index in [0.717, 1.165) is 28.8 Å². The van der Waals surface area contributed by atoms with E-state index in [0.29, 0.717) is 28.3 Å². The molecule has 0 saturated carbocycles. The molecule has 0 fully saturated rings. The highest BCUT2D eigenvalue weighted by molar-refractivity contribution is 6.07. The van der Waals surface area contributed by atoms with E-state index in [2.05, 4.69) is 15.6 Å². The third kappa shape index (κ3) is 4.41. The summed E-state index contributed by atoms with van der Waals surface area (Å²) in [5, 5.41) is 9.18. The molecule has 0 spiro atoms. The number of benzene rings is 2. The molecule has 0 aliphatic rings. The van der Waals surface area contributed by atoms with Crippen molar-refractivity contribution in [2.24, 2.45) is 5.10 Å². The molecule has 8 heteroatoms. The summed E-state index contributed by atoms with van der Waals surface area (Å²) in [4.78, 5) is 17.8. The van der Waals surface area contributed by atoms with Crippen molar-refractivity contribution >= 4 is 23.0 Å². The number of fused-ring (bicyclic) bond motifs is 1. The molecule has 0 saturated heterocycles. The number of nitrogens with one attached hydrogen (secondary N) is 1. The first-order valence-electron chi connectivity index (χ1n) is 10.5. The van der Waals surface area contributed by atoms with Crippen LogP contribution in [0.5, 0.6) is 11.5 Å². The summed E-state index contributed by atoms with van der Waals surface area (Å²) in [6.07, 6.45) is 3.33. The minimum atomic E-state index is -0.327. The summed E-state index contributed by atoms with van der Waals surface area (Å²) in [5.41, 5.74) is 7.10. The van der Waals surface area contributed by atoms with Gasteiger partial charge in [0.2, 0.25) is 0 Å². The third-order valence-corrected chi connectivity index (χ3v) is 5.45. The van der Waals surface area contributed by atoms with Gasteiger partial charge in [-0.05, 0) is 44.2 Å². The lowest BCUT2D eigenvalue weighted by Gasteiger charge is -2.11. The molecule has 0 unspecified atom stereocenters. The van der Waals surface area contributed by atoms with Gasteiger partial charge < -0.3 is 9.47 Å². The maximum atomic E-state index is 13.1. The van der Waals surface area contributed by atoms with Crippen LogP contribution in [-0.4, -0.2) is 41.1 Å². The van der Waals surface area contributed by atoms with E-state index in [1.54, 1.807) is 32.7 Å². The molecule has 4 aromatic rings. The van der Waals surface area contributed by atoms with Gasteiger partial charge in [-0.15, -0.1) is 0 Å². The van der Waals surface area contributed by atoms with Crippen LogP contribution in [0.1, 0.15) is 28.5 Å². The molecule has 1 N–H and O–H groups in total. The average molecular weight is 444 g/mol. The number of aryl methyl sites for hydroxylation is 1. The van der Waals surface area contributed by atoms with Gasteiger partial charge in [-0.3, -0.25) is 9.48 Å². The summed E-state index contributed by atoms with van der Waals surface area (Å²) < 4.78 is 12.6. The fourth-order valence-electron chi connectivity index (χ4n) is 3.63. The van der Waals surface area contributed by atoms with Gasteiger partial charge in [-0.25, -0.2) is 10.4 Å². The predicted molar refractivity (Wildman–Crippen MR) is 128 cm³/mol. The van der Waals surface area contributed by atoms with Crippen molar-refractivity contribution in [3.63, 3.8) is 0 Å². The SMILES string of the molecule is CCn1ncc(/C=N/NC(=O)c2cc(-c3ccc(OC)c(OC)c3)nc3ccccc23)c1C. The Bertz CT molecular complexity index is 1340. The monoisotopic (exact) mass is 443 g/mol. The number of methoxy groups -OCH3 is 2. The lowest BCUT2D eigenvalue weighted by atomic mass is 10.0. The number of pyridine rings is 1. The van der Waals surface area contributed by atoms with E-state index in [9.17, 15) is 4.79 Å². The molecule has 2 heterocycles. The molecule has 168 valence electrons. The summed E-state index contributed by atoms with van der Waals surface area (Å²) in [6.45, 7) is 4.76. The Morgan fingerprint density at radius 2 is 1.91 bits per heavy atom. The number of rotatable bonds is 7. The molecule has 4 rings (SSSR count). The van der Waals surface area contributed by atoms with Crippen LogP contribution in [0.2, 0.25) is 0 Å². The highest BCUT2D eigenvalue weighted by Crippen LogP contribution is 2.33. The number of para-hydroxylation sites is 1. The van der Waals surface area contributed by atoms with Crippen molar-refractivity contribution in [3.05, 3.63) is 71.5 Å². The molecule has 2 aromatic heterocycles. The van der Waals surface area contributed by atoms with Crippen LogP contribution in [0.3, 0.4) is 0 Å². The van der Waals surface area contributed by atoms with Gasteiger partial charge >= 0.3 is 0 Å². The van der Waals surface area contributed by atoms with Gasteiger partial charge in [0.15, 0.2) is 11.5 Å². The normalized spacial score (nSPS) is 11.2. The Morgan fingerprint density at radius 3 is 2.64 bits per heavy atom. The van der Waals surface area contributed by atoms with Crippen LogP contribution in [0.15, 0.2) is 59.8 Å². The molecule has 1 amide bonds. The smallest absolute Gasteiger partial charge is 0.272 e. The minimum Gasteiger partial charge on any atom is -0.493 e. The minimum absolute atomic E-state index is 0.327. The third-order valence-electron chi connectivity index (χ3n) is 5.45. The summed E-state index contributed by atoms with van der Waals surface area (Å²) in [7, 11) is 3.17. The second kappa shape index (κ2) is 9.52. The molecule has 0 aliphatic carbocycles. The van der Waals surface area contributed by atoms with Gasteiger partial charge in [0.05, 0.1) is 43.4 Å². The molecule has 0 radical (unpaired) electrons. The molecular formula is C25H25N5O3. The predicted octanol–water partition coefficient (Wildman–Crippen LogP) is 4.21. The van der Waals surface area contributed by atoms with E-state index in [1.807, 2.05) is 61.0 Å². The van der Waals surface area contributed by atoms with Gasteiger partial charge in [0.1, 0.15) is 0 Å². The van der Waals surface area contributed by atoms with Gasteiger partial charge in [-0.1, -0.05) is 18.2 Å². The Balaban J connectivity index is 1.69. The second-order valence-electron chi connectivity index (χ2n) is 7.34. The number of ether oxygens (including phenoxy) is 2. The quantitative estimate of drug-likeness (QED) is 0.341. The maximum Gasteiger partial charge on any atom is 0.272 e. The summed E-state index contributed by atoms with van der Waals surface area (Å²) in [5.74, 6) is 0.881. The zero-order chi connectivity index (χ0) is 23.4. The van der Waals surface area contributed by atoms with Crippen molar-refractivity contribution in [2.75, 3.05) is 14.2 Å². The zero-order valence-electron chi connectivity index (χ0n) is 19.0. The lowest BCUT2D eigenvalue weighted by molar-refractivity contribution is 0.0956. The fourth-order valence-corrected chi connectivity index (χ4v) is 3.63. The first-order chi connectivity index (χ1) is 16.0. The second-order valence-corrected chi connectivity index (χ2v) is 7.34. The molecule has 8 nitrogen and oxygen atoms in total. The Hall–Kier alpha value is -4.20. The Morgan fingerprint density at radius 1 is 1.12 bits per heavy atom. The Labute approximate surface area is 191 Å². The number of hydrogen-bond acceptors (Lipinski definition) is 6. The van der Waals surface area contributed by atoms with Gasteiger partial charge in [0, 0.05) is 28.8 Å². The molecule has 0 atom stereocenters. The van der Waals surface area contributed by atoms with Crippen molar-refractivity contribution in [1.29, 1.82) is 0 Å². The summed E-state index contributed by atoms with van der Waals surface area (Å²) >= 11 is 0. The van der Waals surface area contributed by atoms with E-state index >= 15 is 0 Å². The standard InChI is InChI=1S/C25H25N5O3/c1-5-30-16(2)18(15-27-30)14-26-29-25(31)20-13-22(28-21-9-7-6-8-19(20)21)17-10-11-23(32-3)24(12-17)33-4/h6-15H,5H2,1-4H3,(H,29,31)/b26-14+. The van der Waals surface area contributed by atoms with Gasteiger partial charge in [-0.2, -0.15) is 10.2 Å². The maximum absolute atomic E-state index is 13.1. The number of aromatic nitrogens is 3. The Kier molecular flexibility index (Phi) is 6.35. The number of carbonyl (C=O) groups excluding carboxylic acids is 1. The molecular weight excluding hydrogens is 418 g/mol. The van der Waals surface area contributed by atoms with Crippen LogP contribution in [-0.2, 0) is 6.54 Å². The van der Waals surface area contributed by atoms with E-state index in [4.69, 9.17) is 14.5 Å². The molecule has 33 heavy (non-hydrogen) atoms. The van der Waals surface area contributed by atoms with Crippen molar-refractivity contribution in [3.8, 4) is 22.8 Å². The number of nitrogens with zero attached hydrogens (tertiary/aromatic N) is 4. The first kappa shape index (κ1) is 22.0. The van der Waals surface area contributed by atoms with E-state index in [1.165, 1.54) is 0 Å². The van der Waals surface area contributed by atoms with Crippen LogP contribution < -0.4 is 14.9 Å². The highest BCUT2D eigenvalue weighted by atomic mass is 16.5. The van der Waals surface area contributed by atoms with Gasteiger partial charge in [0.25, 0.3) is 5.91 Å². The molecule has 0 bridgehead atoms. The number of hydrazone groups is 1. The summed E-state index contributed by atoms with van der Waals surface area (Å²) in [6, 6.07) is 14.8. The van der Waals surface area contributed by atoms with Crippen LogP contribution >= 0.6 is 0 Å². The fraction of sp³-hybridized carbons (Fsp3) is 0.200. The number of carbonyl (C=O) groups is 1. The molecule has 0 aliphatic heterocycles. The number of hydrogen-bond donors (Lipinski definition) is 1. The van der Waals surface area contributed by atoms with Crippen LogP contribution in [0.4, 0.5) is 0 Å². The topological polar surface area (TPSA) is 90.6 Å². The van der Waals surface area contributed by atoms with Crippen molar-refractivity contribution < 1.29 is 14.3 Å². The largest absolute Gasteiger partial charge is 0.493 e. The average Bonchev–Trinajstić information content (AvgIpc) is 3.21. The zero-order valence-corrected chi connectivity index (χ0v) is 19.0. The van der Waals surface area contributed by atoms with Crippen LogP contribution in [0.25, 0.3) is 22.2 Å². The van der Waals surface area contributed by atoms with E-state index < -0.39 is 0 Å². The highest BCUT2D eigenvalue weighted by Gasteiger charge is 2.15.